The average molecular weight is 383 g/mol. The molecule has 0 N–H and O–H groups in total. The van der Waals surface area contributed by atoms with Crippen LogP contribution in [0.5, 0.6) is 11.5 Å². The number of ether oxygens (including phenoxy) is 3. The fourth-order valence-corrected chi connectivity index (χ4v) is 3.57. The van der Waals surface area contributed by atoms with E-state index in [-0.39, 0.29) is 11.9 Å². The molecule has 1 atom stereocenters. The lowest BCUT2D eigenvalue weighted by Gasteiger charge is -2.17. The number of hydrogen-bond acceptors (Lipinski definition) is 4. The smallest absolute Gasteiger partial charge is 0.158 e. The predicted octanol–water partition coefficient (Wildman–Crippen LogP) is 4.56. The number of aryl methyl sites for hydroxylation is 2. The van der Waals surface area contributed by atoms with Crippen LogP contribution < -0.4 is 9.47 Å². The molecule has 0 amide bonds. The van der Waals surface area contributed by atoms with Crippen LogP contribution in [0.25, 0.3) is 0 Å². The molecule has 0 spiro atoms. The molecule has 4 heteroatoms. The third-order valence-corrected chi connectivity index (χ3v) is 5.23. The quantitative estimate of drug-likeness (QED) is 0.565. The Labute approximate surface area is 167 Å². The summed E-state index contributed by atoms with van der Waals surface area (Å²) in [5.41, 5.74) is 3.98. The highest BCUT2D eigenvalue weighted by Gasteiger charge is 2.13. The molecule has 0 aliphatic heterocycles. The highest BCUT2D eigenvalue weighted by Crippen LogP contribution is 2.25. The zero-order valence-corrected chi connectivity index (χ0v) is 16.9. The van der Waals surface area contributed by atoms with Crippen LogP contribution in [0.4, 0.5) is 0 Å². The molecule has 150 valence electrons. The Morgan fingerprint density at radius 3 is 2.25 bits per heavy atom. The van der Waals surface area contributed by atoms with E-state index in [0.717, 1.165) is 23.5 Å². The molecular weight excluding hydrogens is 352 g/mol. The molecule has 2 aromatic carbocycles. The number of rotatable bonds is 10. The van der Waals surface area contributed by atoms with Gasteiger partial charge in [-0.05, 0) is 73.6 Å². The van der Waals surface area contributed by atoms with Gasteiger partial charge in [-0.15, -0.1) is 0 Å². The summed E-state index contributed by atoms with van der Waals surface area (Å²) in [6.45, 7) is 2.81. The summed E-state index contributed by atoms with van der Waals surface area (Å²) in [4.78, 5) is 11.5. The molecule has 0 unspecified atom stereocenters. The van der Waals surface area contributed by atoms with Gasteiger partial charge in [-0.25, -0.2) is 0 Å². The van der Waals surface area contributed by atoms with E-state index in [0.29, 0.717) is 19.6 Å². The molecule has 0 fully saturated rings. The number of carbonyl (C=O) groups is 1. The third-order valence-electron chi connectivity index (χ3n) is 5.23. The highest BCUT2D eigenvalue weighted by molar-refractivity contribution is 5.80. The van der Waals surface area contributed by atoms with Crippen LogP contribution in [0.3, 0.4) is 0 Å². The minimum atomic E-state index is -0.382. The minimum absolute atomic E-state index is 0.0433. The number of ketones is 1. The summed E-state index contributed by atoms with van der Waals surface area (Å²) < 4.78 is 16.9. The molecule has 4 nitrogen and oxygen atoms in total. The van der Waals surface area contributed by atoms with Crippen LogP contribution in [0, 0.1) is 0 Å². The van der Waals surface area contributed by atoms with Crippen molar-refractivity contribution < 1.29 is 19.0 Å². The van der Waals surface area contributed by atoms with Crippen LogP contribution in [0.1, 0.15) is 42.9 Å². The number of fused-ring (bicyclic) bond motifs is 1. The van der Waals surface area contributed by atoms with Crippen LogP contribution >= 0.6 is 0 Å². The maximum Gasteiger partial charge on any atom is 0.158 e. The number of carbonyl (C=O) groups excluding carboxylic acids is 1. The Bertz CT molecular complexity index is 767. The largest absolute Gasteiger partial charge is 0.493 e. The van der Waals surface area contributed by atoms with Gasteiger partial charge in [0.2, 0.25) is 0 Å². The van der Waals surface area contributed by atoms with Gasteiger partial charge in [0.15, 0.2) is 5.78 Å². The van der Waals surface area contributed by atoms with Crippen LogP contribution in [-0.2, 0) is 28.8 Å². The van der Waals surface area contributed by atoms with E-state index in [9.17, 15) is 4.79 Å². The van der Waals surface area contributed by atoms with E-state index in [1.54, 1.807) is 14.0 Å². The minimum Gasteiger partial charge on any atom is -0.493 e. The van der Waals surface area contributed by atoms with Crippen molar-refractivity contribution in [3.63, 3.8) is 0 Å². The topological polar surface area (TPSA) is 44.8 Å². The van der Waals surface area contributed by atoms with Gasteiger partial charge in [-0.1, -0.05) is 18.2 Å². The standard InChI is InChI=1S/C24H30O4/c1-18(25)24(26-2)16-19-8-11-22(12-9-19)27-14-5-15-28-23-13-10-20-6-3-4-7-21(20)17-23/h8-13,17,24H,3-7,14-16H2,1-2H3/t24-/m0/s1. The SMILES string of the molecule is CO[C@@H](Cc1ccc(OCCCOc2ccc3c(c2)CCCC3)cc1)C(C)=O. The lowest BCUT2D eigenvalue weighted by molar-refractivity contribution is -0.126. The van der Waals surface area contributed by atoms with Crippen molar-refractivity contribution in [2.45, 2.75) is 51.6 Å². The van der Waals surface area contributed by atoms with Crippen LogP contribution in [0.15, 0.2) is 42.5 Å². The first-order valence-corrected chi connectivity index (χ1v) is 10.2. The van der Waals surface area contributed by atoms with Gasteiger partial charge < -0.3 is 14.2 Å². The Kier molecular flexibility index (Phi) is 7.49. The lowest BCUT2D eigenvalue weighted by atomic mass is 9.92. The van der Waals surface area contributed by atoms with Crippen LogP contribution in [0.2, 0.25) is 0 Å². The van der Waals surface area contributed by atoms with Crippen molar-refractivity contribution in [3.05, 3.63) is 59.2 Å². The maximum atomic E-state index is 11.5. The summed E-state index contributed by atoms with van der Waals surface area (Å²) >= 11 is 0. The Morgan fingerprint density at radius 2 is 1.57 bits per heavy atom. The molecule has 1 aliphatic carbocycles. The van der Waals surface area contributed by atoms with E-state index < -0.39 is 0 Å². The Balaban J connectivity index is 1.38. The second-order valence-electron chi connectivity index (χ2n) is 7.37. The number of benzene rings is 2. The first-order chi connectivity index (χ1) is 13.7. The molecule has 2 aromatic rings. The van der Waals surface area contributed by atoms with Crippen LogP contribution in [-0.4, -0.2) is 32.2 Å². The van der Waals surface area contributed by atoms with Crippen molar-refractivity contribution in [2.75, 3.05) is 20.3 Å². The zero-order valence-electron chi connectivity index (χ0n) is 16.9. The van der Waals surface area contributed by atoms with Gasteiger partial charge in [0, 0.05) is 20.0 Å². The van der Waals surface area contributed by atoms with Gasteiger partial charge in [0.1, 0.15) is 17.6 Å². The van der Waals surface area contributed by atoms with Crippen molar-refractivity contribution >= 4 is 5.78 Å². The molecule has 0 radical (unpaired) electrons. The van der Waals surface area contributed by atoms with E-state index in [4.69, 9.17) is 14.2 Å². The van der Waals surface area contributed by atoms with Gasteiger partial charge in [0.05, 0.1) is 13.2 Å². The summed E-state index contributed by atoms with van der Waals surface area (Å²) in [5.74, 6) is 1.83. The molecule has 0 aromatic heterocycles. The van der Waals surface area contributed by atoms with Gasteiger partial charge in [-0.3, -0.25) is 4.79 Å². The summed E-state index contributed by atoms with van der Waals surface area (Å²) in [7, 11) is 1.57. The monoisotopic (exact) mass is 382 g/mol. The predicted molar refractivity (Wildman–Crippen MR) is 110 cm³/mol. The van der Waals surface area contributed by atoms with Crippen molar-refractivity contribution in [3.8, 4) is 11.5 Å². The Hall–Kier alpha value is -2.33. The second-order valence-corrected chi connectivity index (χ2v) is 7.37. The van der Waals surface area contributed by atoms with Gasteiger partial charge in [-0.2, -0.15) is 0 Å². The molecule has 0 bridgehead atoms. The maximum absolute atomic E-state index is 11.5. The third kappa shape index (κ3) is 5.83. The molecule has 3 rings (SSSR count). The van der Waals surface area contributed by atoms with E-state index in [1.165, 1.54) is 36.8 Å². The van der Waals surface area contributed by atoms with Crippen molar-refractivity contribution in [1.82, 2.24) is 0 Å². The fraction of sp³-hybridized carbons (Fsp3) is 0.458. The van der Waals surface area contributed by atoms with E-state index in [1.807, 2.05) is 24.3 Å². The Morgan fingerprint density at radius 1 is 0.929 bits per heavy atom. The summed E-state index contributed by atoms with van der Waals surface area (Å²) in [5, 5.41) is 0. The van der Waals surface area contributed by atoms with Crippen molar-refractivity contribution in [2.24, 2.45) is 0 Å². The zero-order chi connectivity index (χ0) is 19.8. The molecule has 0 heterocycles. The van der Waals surface area contributed by atoms with E-state index >= 15 is 0 Å². The fourth-order valence-electron chi connectivity index (χ4n) is 3.57. The normalized spacial score (nSPS) is 14.2. The highest BCUT2D eigenvalue weighted by atomic mass is 16.5. The molecule has 28 heavy (non-hydrogen) atoms. The lowest BCUT2D eigenvalue weighted by Crippen LogP contribution is -2.22. The number of Topliss-reactive ketones (excluding diaryl/α,β-unsaturated/α-hetero) is 1. The first kappa shape index (κ1) is 20.4. The first-order valence-electron chi connectivity index (χ1n) is 10.2. The van der Waals surface area contributed by atoms with Gasteiger partial charge in [0.25, 0.3) is 0 Å². The molecular formula is C24H30O4. The van der Waals surface area contributed by atoms with Crippen molar-refractivity contribution in [1.29, 1.82) is 0 Å². The van der Waals surface area contributed by atoms with Gasteiger partial charge >= 0.3 is 0 Å². The second kappa shape index (κ2) is 10.3. The average Bonchev–Trinajstić information content (AvgIpc) is 2.72. The van der Waals surface area contributed by atoms with E-state index in [2.05, 4.69) is 18.2 Å². The summed E-state index contributed by atoms with van der Waals surface area (Å²) in [6, 6.07) is 14.3. The molecule has 0 saturated carbocycles. The number of hydrogen-bond donors (Lipinski definition) is 0. The summed E-state index contributed by atoms with van der Waals surface area (Å²) in [6.07, 6.45) is 5.98. The molecule has 1 aliphatic rings. The number of methoxy groups -OCH3 is 1. The molecule has 0 saturated heterocycles.